The average molecular weight is 437 g/mol. The monoisotopic (exact) mass is 437 g/mol. The zero-order valence-corrected chi connectivity index (χ0v) is 17.9. The fourth-order valence-corrected chi connectivity index (χ4v) is 3.93. The molecule has 0 saturated heterocycles. The molecule has 0 amide bonds. The van der Waals surface area contributed by atoms with Gasteiger partial charge in [0.05, 0.1) is 11.3 Å². The largest absolute Gasteiger partial charge is 0.503 e. The second-order valence-electron chi connectivity index (χ2n) is 8.12. The molecule has 0 radical (unpaired) electrons. The van der Waals surface area contributed by atoms with Crippen molar-refractivity contribution >= 4 is 17.1 Å². The van der Waals surface area contributed by atoms with Crippen LogP contribution in [0.1, 0.15) is 42.3 Å². The fraction of sp³-hybridized carbons (Fsp3) is 0.174. The highest BCUT2D eigenvalue weighted by atomic mass is 32.1. The maximum atomic E-state index is 13.3. The highest BCUT2D eigenvalue weighted by molar-refractivity contribution is 7.11. The minimum atomic E-state index is -0.570. The summed E-state index contributed by atoms with van der Waals surface area (Å²) in [5, 5.41) is 29.5. The number of nitrogens with zero attached hydrogens (tertiary/aromatic N) is 3. The lowest BCUT2D eigenvalue weighted by atomic mass is 9.86. The summed E-state index contributed by atoms with van der Waals surface area (Å²) in [7, 11) is 0. The van der Waals surface area contributed by atoms with E-state index in [0.29, 0.717) is 10.7 Å². The Kier molecular flexibility index (Phi) is 5.10. The Morgan fingerprint density at radius 3 is 2.23 bits per heavy atom. The number of carbonyl (C=O) groups excluding carboxylic acids is 1. The molecular weight excluding hydrogens is 417 g/mol. The summed E-state index contributed by atoms with van der Waals surface area (Å²) < 4.78 is 14.6. The molecule has 0 atom stereocenters. The highest BCUT2D eigenvalue weighted by Crippen LogP contribution is 2.44. The summed E-state index contributed by atoms with van der Waals surface area (Å²) in [4.78, 5) is 13.3. The topological polar surface area (TPSA) is 88.2 Å². The molecule has 0 aliphatic heterocycles. The van der Waals surface area contributed by atoms with Gasteiger partial charge < -0.3 is 10.2 Å². The van der Waals surface area contributed by atoms with E-state index in [1.165, 1.54) is 34.3 Å². The van der Waals surface area contributed by atoms with Crippen LogP contribution < -0.4 is 0 Å². The number of carbonyl (C=O) groups is 1. The normalized spacial score (nSPS) is 11.6. The first kappa shape index (κ1) is 20.7. The van der Waals surface area contributed by atoms with Gasteiger partial charge in [-0.05, 0) is 40.8 Å². The molecule has 0 bridgehead atoms. The summed E-state index contributed by atoms with van der Waals surface area (Å²) in [6.45, 7) is 6.27. The molecule has 6 nitrogen and oxygen atoms in total. The first-order valence-electron chi connectivity index (χ1n) is 9.53. The number of halogens is 1. The molecule has 8 heteroatoms. The standard InChI is InChI=1S/C23H20FN3O3S/c1-23(2,3)15-8-4-13(5-9-15)18-17(19(28)14-6-10-16(24)11-7-14)20(29)21(30)27(18)22-26-25-12-31-22/h4-12,29-30H,1-3H3. The zero-order valence-electron chi connectivity index (χ0n) is 17.1. The maximum Gasteiger partial charge on any atom is 0.242 e. The van der Waals surface area contributed by atoms with Crippen LogP contribution in [0.25, 0.3) is 16.4 Å². The Labute approximate surface area is 182 Å². The SMILES string of the molecule is CC(C)(C)c1ccc(-c2c(C(=O)c3ccc(F)cc3)c(O)c(O)n2-c2nncs2)cc1. The van der Waals surface area contributed by atoms with Crippen molar-refractivity contribution in [1.82, 2.24) is 14.8 Å². The molecule has 2 N–H and O–H groups in total. The van der Waals surface area contributed by atoms with Crippen LogP contribution in [-0.4, -0.2) is 30.8 Å². The van der Waals surface area contributed by atoms with Gasteiger partial charge in [0, 0.05) is 5.56 Å². The minimum absolute atomic E-state index is 0.0726. The van der Waals surface area contributed by atoms with E-state index in [9.17, 15) is 19.4 Å². The fourth-order valence-electron chi connectivity index (χ4n) is 3.36. The second-order valence-corrected chi connectivity index (χ2v) is 8.93. The average Bonchev–Trinajstić information content (AvgIpc) is 3.34. The van der Waals surface area contributed by atoms with Gasteiger partial charge in [-0.1, -0.05) is 56.4 Å². The minimum Gasteiger partial charge on any atom is -0.503 e. The van der Waals surface area contributed by atoms with Gasteiger partial charge in [-0.3, -0.25) is 9.36 Å². The van der Waals surface area contributed by atoms with Crippen LogP contribution in [0.15, 0.2) is 54.0 Å². The van der Waals surface area contributed by atoms with Crippen molar-refractivity contribution in [2.75, 3.05) is 0 Å². The van der Waals surface area contributed by atoms with Crippen molar-refractivity contribution in [2.45, 2.75) is 26.2 Å². The van der Waals surface area contributed by atoms with Gasteiger partial charge in [-0.25, -0.2) is 4.39 Å². The predicted molar refractivity (Wildman–Crippen MR) is 117 cm³/mol. The Balaban J connectivity index is 1.96. The lowest BCUT2D eigenvalue weighted by molar-refractivity contribution is 0.103. The summed E-state index contributed by atoms with van der Waals surface area (Å²) in [5.74, 6) is -2.12. The van der Waals surface area contributed by atoms with Gasteiger partial charge in [0.1, 0.15) is 11.3 Å². The molecule has 0 unspecified atom stereocenters. The molecule has 0 fully saturated rings. The molecule has 0 saturated carbocycles. The molecule has 4 rings (SSSR count). The van der Waals surface area contributed by atoms with Crippen molar-refractivity contribution in [1.29, 1.82) is 0 Å². The zero-order chi connectivity index (χ0) is 22.3. The molecule has 2 aromatic heterocycles. The maximum absolute atomic E-state index is 13.3. The third-order valence-electron chi connectivity index (χ3n) is 5.02. The van der Waals surface area contributed by atoms with E-state index in [-0.39, 0.29) is 22.2 Å². The first-order valence-corrected chi connectivity index (χ1v) is 10.4. The molecule has 4 aromatic rings. The first-order chi connectivity index (χ1) is 14.7. The Morgan fingerprint density at radius 2 is 1.68 bits per heavy atom. The quantitative estimate of drug-likeness (QED) is 0.435. The number of aromatic hydroxyl groups is 2. The van der Waals surface area contributed by atoms with E-state index in [1.54, 1.807) is 0 Å². The number of ketones is 1. The molecule has 2 heterocycles. The number of benzene rings is 2. The van der Waals surface area contributed by atoms with Gasteiger partial charge in [0.15, 0.2) is 11.5 Å². The van der Waals surface area contributed by atoms with Gasteiger partial charge in [0.25, 0.3) is 0 Å². The predicted octanol–water partition coefficient (Wildman–Crippen LogP) is 5.07. The van der Waals surface area contributed by atoms with E-state index in [0.717, 1.165) is 16.9 Å². The number of aromatic nitrogens is 3. The van der Waals surface area contributed by atoms with Crippen LogP contribution in [0.3, 0.4) is 0 Å². The second kappa shape index (κ2) is 7.63. The van der Waals surface area contributed by atoms with E-state index < -0.39 is 23.2 Å². The summed E-state index contributed by atoms with van der Waals surface area (Å²) in [6.07, 6.45) is 0. The summed E-state index contributed by atoms with van der Waals surface area (Å²) >= 11 is 1.15. The van der Waals surface area contributed by atoms with E-state index >= 15 is 0 Å². The van der Waals surface area contributed by atoms with E-state index in [1.807, 2.05) is 24.3 Å². The van der Waals surface area contributed by atoms with Gasteiger partial charge >= 0.3 is 0 Å². The van der Waals surface area contributed by atoms with E-state index in [2.05, 4.69) is 31.0 Å². The molecular formula is C23H20FN3O3S. The van der Waals surface area contributed by atoms with Crippen LogP contribution >= 0.6 is 11.3 Å². The molecule has 31 heavy (non-hydrogen) atoms. The van der Waals surface area contributed by atoms with Crippen molar-refractivity contribution in [3.8, 4) is 28.0 Å². The third-order valence-corrected chi connectivity index (χ3v) is 5.69. The number of rotatable bonds is 4. The summed E-state index contributed by atoms with van der Waals surface area (Å²) in [5.41, 5.74) is 3.47. The van der Waals surface area contributed by atoms with Crippen LogP contribution in [0, 0.1) is 5.82 Å². The van der Waals surface area contributed by atoms with Crippen LogP contribution in [0.4, 0.5) is 4.39 Å². The van der Waals surface area contributed by atoms with Gasteiger partial charge in [-0.2, -0.15) is 0 Å². The number of hydrogen-bond acceptors (Lipinski definition) is 6. The third kappa shape index (κ3) is 3.70. The van der Waals surface area contributed by atoms with Crippen LogP contribution in [-0.2, 0) is 5.41 Å². The molecule has 158 valence electrons. The van der Waals surface area contributed by atoms with Crippen LogP contribution in [0.5, 0.6) is 11.6 Å². The Hall–Kier alpha value is -3.52. The molecule has 0 aliphatic carbocycles. The summed E-state index contributed by atoms with van der Waals surface area (Å²) in [6, 6.07) is 12.5. The Morgan fingerprint density at radius 1 is 1.03 bits per heavy atom. The lowest BCUT2D eigenvalue weighted by Crippen LogP contribution is -2.11. The van der Waals surface area contributed by atoms with Crippen molar-refractivity contribution in [2.24, 2.45) is 0 Å². The van der Waals surface area contributed by atoms with Crippen molar-refractivity contribution in [3.05, 3.63) is 76.5 Å². The van der Waals surface area contributed by atoms with Crippen molar-refractivity contribution in [3.63, 3.8) is 0 Å². The molecule has 0 aliphatic rings. The number of hydrogen-bond donors (Lipinski definition) is 2. The van der Waals surface area contributed by atoms with Gasteiger partial charge in [-0.15, -0.1) is 10.2 Å². The molecule has 0 spiro atoms. The van der Waals surface area contributed by atoms with Gasteiger partial charge in [0.2, 0.25) is 11.0 Å². The Bertz CT molecular complexity index is 1240. The lowest BCUT2D eigenvalue weighted by Gasteiger charge is -2.19. The smallest absolute Gasteiger partial charge is 0.242 e. The highest BCUT2D eigenvalue weighted by Gasteiger charge is 2.31. The van der Waals surface area contributed by atoms with Crippen LogP contribution in [0.2, 0.25) is 0 Å². The van der Waals surface area contributed by atoms with E-state index in [4.69, 9.17) is 0 Å². The van der Waals surface area contributed by atoms with Crippen molar-refractivity contribution < 1.29 is 19.4 Å². The molecule has 2 aromatic carbocycles.